The fraction of sp³-hybridized carbons (Fsp3) is 0.429. The molecule has 0 aliphatic carbocycles. The Bertz CT molecular complexity index is 600. The summed E-state index contributed by atoms with van der Waals surface area (Å²) < 4.78 is 6.52. The average molecular weight is 276 g/mol. The predicted octanol–water partition coefficient (Wildman–Crippen LogP) is 1.69. The van der Waals surface area contributed by atoms with Gasteiger partial charge in [-0.15, -0.1) is 0 Å². The highest BCUT2D eigenvalue weighted by Gasteiger charge is 2.12. The van der Waals surface area contributed by atoms with E-state index in [9.17, 15) is 4.79 Å². The molecule has 2 heterocycles. The summed E-state index contributed by atoms with van der Waals surface area (Å²) in [5.74, 6) is -0.354. The smallest absolute Gasteiger partial charge is 0.354 e. The molecule has 1 unspecified atom stereocenters. The van der Waals surface area contributed by atoms with Crippen LogP contribution in [0, 0.1) is 6.92 Å². The van der Waals surface area contributed by atoms with Gasteiger partial charge in [0.25, 0.3) is 0 Å². The molecule has 2 rings (SSSR count). The van der Waals surface area contributed by atoms with E-state index in [1.807, 2.05) is 30.9 Å². The van der Waals surface area contributed by atoms with Crippen LogP contribution in [-0.4, -0.2) is 27.8 Å². The lowest BCUT2D eigenvalue weighted by Gasteiger charge is -2.13. The second-order valence-electron chi connectivity index (χ2n) is 4.80. The Hall–Kier alpha value is -2.08. The van der Waals surface area contributed by atoms with Crippen molar-refractivity contribution in [2.45, 2.75) is 26.4 Å². The number of aryl methyl sites for hydroxylation is 1. The first-order chi connectivity index (χ1) is 9.52. The number of methoxy groups -OCH3 is 1. The quantitative estimate of drug-likeness (QED) is 0.815. The first kappa shape index (κ1) is 14.3. The lowest BCUT2D eigenvalue weighted by atomic mass is 10.1. The molecule has 108 valence electrons. The molecular weight excluding hydrogens is 256 g/mol. The summed E-state index contributed by atoms with van der Waals surface area (Å²) >= 11 is 0. The monoisotopic (exact) mass is 276 g/mol. The van der Waals surface area contributed by atoms with Gasteiger partial charge in [0.05, 0.1) is 13.3 Å². The Labute approximate surface area is 118 Å². The van der Waals surface area contributed by atoms with Crippen LogP contribution >= 0.6 is 0 Å². The first-order valence-electron chi connectivity index (χ1n) is 6.51. The van der Waals surface area contributed by atoms with E-state index in [0.717, 1.165) is 11.4 Å². The molecule has 0 aliphatic heterocycles. The van der Waals surface area contributed by atoms with Gasteiger partial charge in [0.1, 0.15) is 5.69 Å². The van der Waals surface area contributed by atoms with Gasteiger partial charge in [0, 0.05) is 36.6 Å². The van der Waals surface area contributed by atoms with Gasteiger partial charge in [-0.2, -0.15) is 5.10 Å². The predicted molar refractivity (Wildman–Crippen MR) is 75.3 cm³/mol. The van der Waals surface area contributed by atoms with E-state index in [0.29, 0.717) is 12.2 Å². The number of hydrogen-bond donors (Lipinski definition) is 2. The minimum absolute atomic E-state index is 0.188. The third-order valence-electron chi connectivity index (χ3n) is 3.49. The highest BCUT2D eigenvalue weighted by molar-refractivity contribution is 5.87. The number of carbonyl (C=O) groups excluding carboxylic acids is 1. The van der Waals surface area contributed by atoms with Gasteiger partial charge in [-0.1, -0.05) is 0 Å². The van der Waals surface area contributed by atoms with Crippen LogP contribution in [-0.2, 0) is 18.3 Å². The lowest BCUT2D eigenvalue weighted by molar-refractivity contribution is 0.0594. The van der Waals surface area contributed by atoms with Gasteiger partial charge in [0.15, 0.2) is 0 Å². The molecule has 0 fully saturated rings. The number of H-pyrrole nitrogens is 1. The zero-order chi connectivity index (χ0) is 14.7. The third-order valence-corrected chi connectivity index (χ3v) is 3.49. The highest BCUT2D eigenvalue weighted by Crippen LogP contribution is 2.16. The molecule has 0 saturated carbocycles. The molecular formula is C14H20N4O2. The van der Waals surface area contributed by atoms with E-state index in [4.69, 9.17) is 0 Å². The van der Waals surface area contributed by atoms with Crippen LogP contribution in [0.5, 0.6) is 0 Å². The van der Waals surface area contributed by atoms with E-state index in [-0.39, 0.29) is 12.0 Å². The van der Waals surface area contributed by atoms with Crippen LogP contribution in [0.2, 0.25) is 0 Å². The molecule has 6 heteroatoms. The number of hydrogen-bond acceptors (Lipinski definition) is 4. The van der Waals surface area contributed by atoms with E-state index in [1.165, 1.54) is 12.7 Å². The lowest BCUT2D eigenvalue weighted by Crippen LogP contribution is -2.19. The van der Waals surface area contributed by atoms with Crippen molar-refractivity contribution < 1.29 is 9.53 Å². The molecule has 0 aromatic carbocycles. The van der Waals surface area contributed by atoms with Crippen LogP contribution in [0.3, 0.4) is 0 Å². The maximum absolute atomic E-state index is 11.3. The van der Waals surface area contributed by atoms with Crippen molar-refractivity contribution in [3.63, 3.8) is 0 Å². The maximum atomic E-state index is 11.3. The number of nitrogens with zero attached hydrogens (tertiary/aromatic N) is 2. The number of ether oxygens (including phenoxy) is 1. The molecule has 1 atom stereocenters. The summed E-state index contributed by atoms with van der Waals surface area (Å²) in [6, 6.07) is 3.79. The van der Waals surface area contributed by atoms with E-state index >= 15 is 0 Å². The molecule has 0 amide bonds. The largest absolute Gasteiger partial charge is 0.464 e. The van der Waals surface area contributed by atoms with Crippen LogP contribution in [0.25, 0.3) is 0 Å². The molecule has 2 aromatic rings. The third kappa shape index (κ3) is 2.91. The Morgan fingerprint density at radius 2 is 2.30 bits per heavy atom. The number of carbonyl (C=O) groups is 1. The molecule has 0 aliphatic rings. The van der Waals surface area contributed by atoms with Crippen molar-refractivity contribution in [2.75, 3.05) is 7.11 Å². The number of aromatic nitrogens is 3. The Kier molecular flexibility index (Phi) is 4.24. The van der Waals surface area contributed by atoms with Crippen LogP contribution < -0.4 is 5.32 Å². The Morgan fingerprint density at radius 1 is 1.55 bits per heavy atom. The molecule has 2 N–H and O–H groups in total. The fourth-order valence-electron chi connectivity index (χ4n) is 2.09. The topological polar surface area (TPSA) is 71.9 Å². The van der Waals surface area contributed by atoms with Crippen LogP contribution in [0.1, 0.15) is 40.4 Å². The minimum atomic E-state index is -0.354. The average Bonchev–Trinajstić information content (AvgIpc) is 3.04. The van der Waals surface area contributed by atoms with Crippen molar-refractivity contribution in [2.24, 2.45) is 7.05 Å². The molecule has 20 heavy (non-hydrogen) atoms. The Balaban J connectivity index is 1.96. The molecule has 0 spiro atoms. The summed E-state index contributed by atoms with van der Waals surface area (Å²) in [7, 11) is 3.30. The summed E-state index contributed by atoms with van der Waals surface area (Å²) in [6.45, 7) is 4.78. The summed E-state index contributed by atoms with van der Waals surface area (Å²) in [4.78, 5) is 14.4. The normalized spacial score (nSPS) is 12.4. The second kappa shape index (κ2) is 5.92. The number of nitrogens with one attached hydrogen (secondary N) is 2. The van der Waals surface area contributed by atoms with Gasteiger partial charge >= 0.3 is 5.97 Å². The minimum Gasteiger partial charge on any atom is -0.464 e. The van der Waals surface area contributed by atoms with Crippen molar-refractivity contribution in [3.05, 3.63) is 41.0 Å². The van der Waals surface area contributed by atoms with Crippen LogP contribution in [0.4, 0.5) is 0 Å². The maximum Gasteiger partial charge on any atom is 0.354 e. The zero-order valence-electron chi connectivity index (χ0n) is 12.2. The van der Waals surface area contributed by atoms with E-state index in [2.05, 4.69) is 27.1 Å². The van der Waals surface area contributed by atoms with Gasteiger partial charge in [-0.25, -0.2) is 4.79 Å². The molecule has 0 bridgehead atoms. The standard InChI is InChI=1S/C14H20N4O2/c1-9(12-8-16-18(3)10(12)2)15-7-11-5-6-13(17-11)14(19)20-4/h5-6,8-9,15,17H,7H2,1-4H3. The second-order valence-corrected chi connectivity index (χ2v) is 4.80. The van der Waals surface area contributed by atoms with Crippen molar-refractivity contribution in [1.82, 2.24) is 20.1 Å². The molecule has 2 aromatic heterocycles. The molecule has 0 saturated heterocycles. The number of aromatic amines is 1. The summed E-state index contributed by atoms with van der Waals surface area (Å²) in [5, 5.41) is 7.64. The van der Waals surface area contributed by atoms with Gasteiger partial charge in [0.2, 0.25) is 0 Å². The van der Waals surface area contributed by atoms with Gasteiger partial charge in [-0.3, -0.25) is 4.68 Å². The van der Waals surface area contributed by atoms with Gasteiger partial charge in [-0.05, 0) is 26.0 Å². The van der Waals surface area contributed by atoms with Crippen molar-refractivity contribution >= 4 is 5.97 Å². The Morgan fingerprint density at radius 3 is 2.90 bits per heavy atom. The van der Waals surface area contributed by atoms with Crippen LogP contribution in [0.15, 0.2) is 18.3 Å². The van der Waals surface area contributed by atoms with Crippen molar-refractivity contribution in [3.8, 4) is 0 Å². The summed E-state index contributed by atoms with van der Waals surface area (Å²) in [6.07, 6.45) is 1.88. The first-order valence-corrected chi connectivity index (χ1v) is 6.51. The number of esters is 1. The highest BCUT2D eigenvalue weighted by atomic mass is 16.5. The zero-order valence-corrected chi connectivity index (χ0v) is 12.2. The molecule has 6 nitrogen and oxygen atoms in total. The number of rotatable bonds is 5. The fourth-order valence-corrected chi connectivity index (χ4v) is 2.09. The van der Waals surface area contributed by atoms with E-state index in [1.54, 1.807) is 6.07 Å². The summed E-state index contributed by atoms with van der Waals surface area (Å²) in [5.41, 5.74) is 3.73. The van der Waals surface area contributed by atoms with Crippen molar-refractivity contribution in [1.29, 1.82) is 0 Å². The van der Waals surface area contributed by atoms with E-state index < -0.39 is 0 Å². The molecule has 0 radical (unpaired) electrons. The SMILES string of the molecule is COC(=O)c1ccc(CNC(C)c2cnn(C)c2C)[nH]1. The van der Waals surface area contributed by atoms with Gasteiger partial charge < -0.3 is 15.0 Å².